The first kappa shape index (κ1) is 22.4. The van der Waals surface area contributed by atoms with E-state index in [0.717, 1.165) is 38.3 Å². The van der Waals surface area contributed by atoms with Crippen LogP contribution in [0.15, 0.2) is 24.3 Å². The molecule has 11 heteroatoms. The summed E-state index contributed by atoms with van der Waals surface area (Å²) in [5, 5.41) is 17.3. The molecule has 1 amide bonds. The highest BCUT2D eigenvalue weighted by Gasteiger charge is 2.30. The summed E-state index contributed by atoms with van der Waals surface area (Å²) < 4.78 is 37.8. The highest BCUT2D eigenvalue weighted by Crippen LogP contribution is 2.30. The maximum absolute atomic E-state index is 12.6. The van der Waals surface area contributed by atoms with Crippen molar-refractivity contribution < 1.29 is 37.8 Å². The zero-order chi connectivity index (χ0) is 20.6. The Hall–Kier alpha value is -2.66. The molecule has 0 aromatic heterocycles. The number of carboxylic acids is 2. The minimum atomic E-state index is -4.40. The second-order valence-electron chi connectivity index (χ2n) is 5.82. The molecule has 1 fully saturated rings. The molecule has 27 heavy (non-hydrogen) atoms. The van der Waals surface area contributed by atoms with Crippen LogP contribution in [0.25, 0.3) is 0 Å². The average Bonchev–Trinajstić information content (AvgIpc) is 2.57. The standard InChI is InChI=1S/C14H18F3N3O.C2H2O4/c1-19-5-7-20(8-6-19)10-13(21)18-12-4-2-3-11(9-12)14(15,16)17;3-1(4)2(5)6/h2-4,9H,5-8,10H2,1H3,(H,18,21);(H,3,4)(H,5,6). The van der Waals surface area contributed by atoms with Crippen LogP contribution in [0.1, 0.15) is 5.56 Å². The Kier molecular flexibility index (Phi) is 8.19. The molecule has 1 aliphatic rings. The van der Waals surface area contributed by atoms with E-state index in [9.17, 15) is 18.0 Å². The molecule has 0 radical (unpaired) electrons. The van der Waals surface area contributed by atoms with Gasteiger partial charge in [-0.15, -0.1) is 0 Å². The van der Waals surface area contributed by atoms with Gasteiger partial charge in [0, 0.05) is 31.9 Å². The lowest BCUT2D eigenvalue weighted by atomic mass is 10.2. The van der Waals surface area contributed by atoms with Crippen molar-refractivity contribution in [3.8, 4) is 0 Å². The smallest absolute Gasteiger partial charge is 0.416 e. The summed E-state index contributed by atoms with van der Waals surface area (Å²) in [4.78, 5) is 34.2. The van der Waals surface area contributed by atoms with E-state index in [1.54, 1.807) is 0 Å². The predicted molar refractivity (Wildman–Crippen MR) is 89.3 cm³/mol. The number of hydrogen-bond acceptors (Lipinski definition) is 5. The highest BCUT2D eigenvalue weighted by atomic mass is 19.4. The van der Waals surface area contributed by atoms with Crippen molar-refractivity contribution in [2.24, 2.45) is 0 Å². The molecule has 1 aromatic rings. The van der Waals surface area contributed by atoms with Gasteiger partial charge in [-0.25, -0.2) is 9.59 Å². The zero-order valence-corrected chi connectivity index (χ0v) is 14.5. The van der Waals surface area contributed by atoms with Gasteiger partial charge in [0.15, 0.2) is 0 Å². The van der Waals surface area contributed by atoms with Crippen molar-refractivity contribution in [1.82, 2.24) is 9.80 Å². The Morgan fingerprint density at radius 1 is 1.07 bits per heavy atom. The van der Waals surface area contributed by atoms with Crippen LogP contribution in [0.3, 0.4) is 0 Å². The Morgan fingerprint density at radius 3 is 2.11 bits per heavy atom. The second kappa shape index (κ2) is 9.88. The lowest BCUT2D eigenvalue weighted by Gasteiger charge is -2.31. The van der Waals surface area contributed by atoms with E-state index >= 15 is 0 Å². The maximum atomic E-state index is 12.6. The number of carbonyl (C=O) groups excluding carboxylic acids is 1. The lowest BCUT2D eigenvalue weighted by molar-refractivity contribution is -0.159. The Balaban J connectivity index is 0.000000527. The molecule has 2 rings (SSSR count). The van der Waals surface area contributed by atoms with Crippen molar-refractivity contribution in [2.45, 2.75) is 6.18 Å². The van der Waals surface area contributed by atoms with Crippen LogP contribution < -0.4 is 5.32 Å². The third-order valence-electron chi connectivity index (χ3n) is 3.62. The number of halogens is 3. The van der Waals surface area contributed by atoms with Gasteiger partial charge in [0.1, 0.15) is 0 Å². The van der Waals surface area contributed by atoms with Gasteiger partial charge in [-0.2, -0.15) is 13.2 Å². The van der Waals surface area contributed by atoms with Crippen LogP contribution in [-0.4, -0.2) is 77.6 Å². The molecule has 0 saturated carbocycles. The lowest BCUT2D eigenvalue weighted by Crippen LogP contribution is -2.47. The molecule has 1 heterocycles. The van der Waals surface area contributed by atoms with Crippen LogP contribution >= 0.6 is 0 Å². The average molecular weight is 391 g/mol. The minimum absolute atomic E-state index is 0.170. The SMILES string of the molecule is CN1CCN(CC(=O)Nc2cccc(C(F)(F)F)c2)CC1.O=C(O)C(=O)O. The van der Waals surface area contributed by atoms with Gasteiger partial charge in [-0.1, -0.05) is 6.07 Å². The minimum Gasteiger partial charge on any atom is -0.473 e. The first-order valence-electron chi connectivity index (χ1n) is 7.83. The van der Waals surface area contributed by atoms with E-state index in [2.05, 4.69) is 10.2 Å². The number of hydrogen-bond donors (Lipinski definition) is 3. The number of nitrogens with zero attached hydrogens (tertiary/aromatic N) is 2. The number of rotatable bonds is 3. The molecular formula is C16H20F3N3O5. The van der Waals surface area contributed by atoms with Crippen LogP contribution in [0.2, 0.25) is 0 Å². The first-order chi connectivity index (χ1) is 12.5. The second-order valence-corrected chi connectivity index (χ2v) is 5.82. The van der Waals surface area contributed by atoms with Gasteiger partial charge in [-0.05, 0) is 25.2 Å². The molecule has 1 saturated heterocycles. The van der Waals surface area contributed by atoms with Crippen molar-refractivity contribution in [3.05, 3.63) is 29.8 Å². The molecule has 8 nitrogen and oxygen atoms in total. The summed E-state index contributed by atoms with van der Waals surface area (Å²) in [5.41, 5.74) is -0.594. The number of piperazine rings is 1. The van der Waals surface area contributed by atoms with Gasteiger partial charge in [0.05, 0.1) is 12.1 Å². The van der Waals surface area contributed by atoms with Crippen LogP contribution in [-0.2, 0) is 20.6 Å². The zero-order valence-electron chi connectivity index (χ0n) is 14.5. The maximum Gasteiger partial charge on any atom is 0.416 e. The van der Waals surface area contributed by atoms with Crippen LogP contribution in [0, 0.1) is 0 Å². The Labute approximate surface area is 153 Å². The molecule has 3 N–H and O–H groups in total. The van der Waals surface area contributed by atoms with Gasteiger partial charge in [0.2, 0.25) is 5.91 Å². The summed E-state index contributed by atoms with van der Waals surface area (Å²) in [6.45, 7) is 3.54. The number of anilines is 1. The molecule has 0 bridgehead atoms. The molecule has 1 aliphatic heterocycles. The number of aliphatic carboxylic acids is 2. The normalized spacial score (nSPS) is 15.4. The fourth-order valence-electron chi connectivity index (χ4n) is 2.18. The van der Waals surface area contributed by atoms with Crippen molar-refractivity contribution in [1.29, 1.82) is 0 Å². The molecule has 0 unspecified atom stereocenters. The number of carboxylic acid groups (broad SMARTS) is 2. The van der Waals surface area contributed by atoms with E-state index in [1.807, 2.05) is 11.9 Å². The van der Waals surface area contributed by atoms with E-state index in [4.69, 9.17) is 19.8 Å². The Morgan fingerprint density at radius 2 is 1.63 bits per heavy atom. The van der Waals surface area contributed by atoms with E-state index in [-0.39, 0.29) is 18.1 Å². The molecule has 0 atom stereocenters. The van der Waals surface area contributed by atoms with E-state index < -0.39 is 23.7 Å². The fourth-order valence-corrected chi connectivity index (χ4v) is 2.18. The van der Waals surface area contributed by atoms with Gasteiger partial charge < -0.3 is 20.4 Å². The van der Waals surface area contributed by atoms with Crippen molar-refractivity contribution in [2.75, 3.05) is 45.1 Å². The monoisotopic (exact) mass is 391 g/mol. The number of benzene rings is 1. The molecule has 0 spiro atoms. The molecular weight excluding hydrogens is 371 g/mol. The summed E-state index contributed by atoms with van der Waals surface area (Å²) in [5.74, 6) is -3.94. The van der Waals surface area contributed by atoms with Crippen molar-refractivity contribution >= 4 is 23.5 Å². The highest BCUT2D eigenvalue weighted by molar-refractivity contribution is 6.27. The van der Waals surface area contributed by atoms with Gasteiger partial charge >= 0.3 is 18.1 Å². The summed E-state index contributed by atoms with van der Waals surface area (Å²) in [6.07, 6.45) is -4.40. The first-order valence-corrected chi connectivity index (χ1v) is 7.83. The van der Waals surface area contributed by atoms with E-state index in [0.29, 0.717) is 0 Å². The third-order valence-corrected chi connectivity index (χ3v) is 3.62. The van der Waals surface area contributed by atoms with Crippen molar-refractivity contribution in [3.63, 3.8) is 0 Å². The van der Waals surface area contributed by atoms with Gasteiger partial charge in [0.25, 0.3) is 0 Å². The number of nitrogens with one attached hydrogen (secondary N) is 1. The Bertz CT molecular complexity index is 662. The molecule has 150 valence electrons. The number of amides is 1. The largest absolute Gasteiger partial charge is 0.473 e. The summed E-state index contributed by atoms with van der Waals surface area (Å²) >= 11 is 0. The predicted octanol–water partition coefficient (Wildman–Crippen LogP) is 1.05. The summed E-state index contributed by atoms with van der Waals surface area (Å²) in [7, 11) is 2.01. The molecule has 0 aliphatic carbocycles. The van der Waals surface area contributed by atoms with E-state index in [1.165, 1.54) is 12.1 Å². The van der Waals surface area contributed by atoms with Gasteiger partial charge in [-0.3, -0.25) is 9.69 Å². The number of alkyl halides is 3. The number of carbonyl (C=O) groups is 3. The molecule has 1 aromatic carbocycles. The van der Waals surface area contributed by atoms with Crippen LogP contribution in [0.5, 0.6) is 0 Å². The fraction of sp³-hybridized carbons (Fsp3) is 0.438. The number of likely N-dealkylation sites (N-methyl/N-ethyl adjacent to an activating group) is 1. The topological polar surface area (TPSA) is 110 Å². The van der Waals surface area contributed by atoms with Crippen LogP contribution in [0.4, 0.5) is 18.9 Å². The quantitative estimate of drug-likeness (QED) is 0.661. The third kappa shape index (κ3) is 8.51. The summed E-state index contributed by atoms with van der Waals surface area (Å²) in [6, 6.07) is 4.67.